The molecule has 0 aliphatic carbocycles. The summed E-state index contributed by atoms with van der Waals surface area (Å²) in [5.74, 6) is -0.850. The van der Waals surface area contributed by atoms with Crippen LogP contribution in [0.4, 0.5) is 18.9 Å². The zero-order valence-corrected chi connectivity index (χ0v) is 17.1. The summed E-state index contributed by atoms with van der Waals surface area (Å²) >= 11 is 5.96. The minimum absolute atomic E-state index is 0.132. The Bertz CT molecular complexity index is 876. The lowest BCUT2D eigenvalue weighted by Crippen LogP contribution is -2.45. The van der Waals surface area contributed by atoms with Gasteiger partial charge in [-0.05, 0) is 36.2 Å². The van der Waals surface area contributed by atoms with Crippen LogP contribution in [0.3, 0.4) is 0 Å². The van der Waals surface area contributed by atoms with Gasteiger partial charge in [0.2, 0.25) is 5.91 Å². The molecule has 0 unspecified atom stereocenters. The molecule has 3 N–H and O–H groups in total. The van der Waals surface area contributed by atoms with Gasteiger partial charge in [-0.3, -0.25) is 14.6 Å². The molecule has 0 saturated carbocycles. The molecule has 10 heteroatoms. The number of carbonyl (C=O) groups is 2. The SMILES string of the molecule is CC(C)[C@H](Nc1ccc(C(F)(F)F)cc1Cl)C(=O)NCCNC(=O)c1cccnc1. The van der Waals surface area contributed by atoms with Crippen LogP contribution in [0.25, 0.3) is 0 Å². The van der Waals surface area contributed by atoms with Crippen molar-refractivity contribution in [2.24, 2.45) is 5.92 Å². The number of anilines is 1. The first-order chi connectivity index (χ1) is 14.1. The van der Waals surface area contributed by atoms with E-state index in [0.717, 1.165) is 12.1 Å². The molecule has 2 rings (SSSR count). The third kappa shape index (κ3) is 6.62. The van der Waals surface area contributed by atoms with Crippen LogP contribution in [0.2, 0.25) is 5.02 Å². The Morgan fingerprint density at radius 1 is 1.13 bits per heavy atom. The van der Waals surface area contributed by atoms with E-state index in [1.165, 1.54) is 12.3 Å². The number of amides is 2. The van der Waals surface area contributed by atoms with E-state index in [2.05, 4.69) is 20.9 Å². The van der Waals surface area contributed by atoms with Crippen LogP contribution in [-0.2, 0) is 11.0 Å². The lowest BCUT2D eigenvalue weighted by molar-refractivity contribution is -0.137. The van der Waals surface area contributed by atoms with Crippen molar-refractivity contribution in [3.8, 4) is 0 Å². The highest BCUT2D eigenvalue weighted by molar-refractivity contribution is 6.33. The number of benzene rings is 1. The van der Waals surface area contributed by atoms with Crippen molar-refractivity contribution in [1.82, 2.24) is 15.6 Å². The molecule has 0 aliphatic rings. The maximum absolute atomic E-state index is 12.8. The fourth-order valence-corrected chi connectivity index (χ4v) is 2.82. The van der Waals surface area contributed by atoms with E-state index < -0.39 is 17.8 Å². The maximum atomic E-state index is 12.8. The fraction of sp³-hybridized carbons (Fsp3) is 0.350. The van der Waals surface area contributed by atoms with Gasteiger partial charge >= 0.3 is 6.18 Å². The Labute approximate surface area is 177 Å². The van der Waals surface area contributed by atoms with Crippen molar-refractivity contribution < 1.29 is 22.8 Å². The predicted molar refractivity (Wildman–Crippen MR) is 108 cm³/mol. The van der Waals surface area contributed by atoms with Crippen molar-refractivity contribution in [3.05, 3.63) is 58.9 Å². The van der Waals surface area contributed by atoms with E-state index in [-0.39, 0.29) is 41.5 Å². The highest BCUT2D eigenvalue weighted by Gasteiger charge is 2.31. The van der Waals surface area contributed by atoms with E-state index in [9.17, 15) is 22.8 Å². The number of pyridine rings is 1. The van der Waals surface area contributed by atoms with Crippen molar-refractivity contribution >= 4 is 29.1 Å². The molecule has 0 aliphatic heterocycles. The highest BCUT2D eigenvalue weighted by atomic mass is 35.5. The zero-order chi connectivity index (χ0) is 22.3. The van der Waals surface area contributed by atoms with Gasteiger partial charge in [0.25, 0.3) is 5.91 Å². The first-order valence-electron chi connectivity index (χ1n) is 9.19. The summed E-state index contributed by atoms with van der Waals surface area (Å²) in [7, 11) is 0. The quantitative estimate of drug-likeness (QED) is 0.544. The molecule has 0 saturated heterocycles. The van der Waals surface area contributed by atoms with Crippen LogP contribution in [0.15, 0.2) is 42.7 Å². The molecule has 1 heterocycles. The van der Waals surface area contributed by atoms with E-state index in [4.69, 9.17) is 11.6 Å². The minimum Gasteiger partial charge on any atom is -0.372 e. The smallest absolute Gasteiger partial charge is 0.372 e. The van der Waals surface area contributed by atoms with Crippen LogP contribution >= 0.6 is 11.6 Å². The van der Waals surface area contributed by atoms with Gasteiger partial charge in [0.15, 0.2) is 0 Å². The fourth-order valence-electron chi connectivity index (χ4n) is 2.58. The first kappa shape index (κ1) is 23.5. The molecule has 2 aromatic rings. The second-order valence-electron chi connectivity index (χ2n) is 6.85. The van der Waals surface area contributed by atoms with Crippen molar-refractivity contribution in [3.63, 3.8) is 0 Å². The molecule has 0 bridgehead atoms. The van der Waals surface area contributed by atoms with E-state index >= 15 is 0 Å². The summed E-state index contributed by atoms with van der Waals surface area (Å²) in [5, 5.41) is 8.11. The summed E-state index contributed by atoms with van der Waals surface area (Å²) in [6, 6.07) is 5.44. The lowest BCUT2D eigenvalue weighted by atomic mass is 10.0. The lowest BCUT2D eigenvalue weighted by Gasteiger charge is -2.23. The molecular formula is C20H22ClF3N4O2. The monoisotopic (exact) mass is 442 g/mol. The topological polar surface area (TPSA) is 83.1 Å². The minimum atomic E-state index is -4.50. The summed E-state index contributed by atoms with van der Waals surface area (Å²) in [6.45, 7) is 3.96. The maximum Gasteiger partial charge on any atom is 0.416 e. The Morgan fingerprint density at radius 3 is 2.40 bits per heavy atom. The van der Waals surface area contributed by atoms with Crippen molar-refractivity contribution in [1.29, 1.82) is 0 Å². The summed E-state index contributed by atoms with van der Waals surface area (Å²) in [5.41, 5.74) is -0.237. The number of hydrogen-bond acceptors (Lipinski definition) is 4. The molecule has 1 atom stereocenters. The number of nitrogens with one attached hydrogen (secondary N) is 3. The number of aromatic nitrogens is 1. The molecule has 1 aromatic heterocycles. The number of nitrogens with zero attached hydrogens (tertiary/aromatic N) is 1. The Kier molecular flexibility index (Phi) is 8.05. The van der Waals surface area contributed by atoms with Gasteiger partial charge in [0.1, 0.15) is 6.04 Å². The third-order valence-electron chi connectivity index (χ3n) is 4.19. The van der Waals surface area contributed by atoms with Crippen LogP contribution in [-0.4, -0.2) is 35.9 Å². The van der Waals surface area contributed by atoms with Gasteiger partial charge in [0.05, 0.1) is 21.8 Å². The van der Waals surface area contributed by atoms with Gasteiger partial charge in [-0.15, -0.1) is 0 Å². The molecule has 162 valence electrons. The number of halogens is 4. The Hall–Kier alpha value is -2.81. The molecule has 2 amide bonds. The van der Waals surface area contributed by atoms with E-state index in [0.29, 0.717) is 5.56 Å². The number of hydrogen-bond donors (Lipinski definition) is 3. The molecule has 0 fully saturated rings. The molecular weight excluding hydrogens is 421 g/mol. The largest absolute Gasteiger partial charge is 0.416 e. The van der Waals surface area contributed by atoms with E-state index in [1.54, 1.807) is 32.2 Å². The van der Waals surface area contributed by atoms with Crippen molar-refractivity contribution in [2.45, 2.75) is 26.1 Å². The van der Waals surface area contributed by atoms with Gasteiger partial charge in [-0.25, -0.2) is 0 Å². The number of alkyl halides is 3. The number of carbonyl (C=O) groups excluding carboxylic acids is 2. The third-order valence-corrected chi connectivity index (χ3v) is 4.50. The average molecular weight is 443 g/mol. The molecule has 0 radical (unpaired) electrons. The second-order valence-corrected chi connectivity index (χ2v) is 7.25. The molecule has 1 aromatic carbocycles. The zero-order valence-electron chi connectivity index (χ0n) is 16.4. The summed E-state index contributed by atoms with van der Waals surface area (Å²) < 4.78 is 38.3. The van der Waals surface area contributed by atoms with Crippen LogP contribution in [0.5, 0.6) is 0 Å². The second kappa shape index (κ2) is 10.3. The molecule has 0 spiro atoms. The standard InChI is InChI=1S/C20H22ClF3N4O2/c1-12(2)17(28-16-6-5-14(10-15(16)21)20(22,23)24)19(30)27-9-8-26-18(29)13-4-3-7-25-11-13/h3-7,10-12,17,28H,8-9H2,1-2H3,(H,26,29)(H,27,30)/t17-/m0/s1. The summed E-state index contributed by atoms with van der Waals surface area (Å²) in [4.78, 5) is 28.3. The predicted octanol–water partition coefficient (Wildman–Crippen LogP) is 3.74. The van der Waals surface area contributed by atoms with Gasteiger partial charge < -0.3 is 16.0 Å². The highest BCUT2D eigenvalue weighted by Crippen LogP contribution is 2.34. The Morgan fingerprint density at radius 2 is 1.83 bits per heavy atom. The van der Waals surface area contributed by atoms with Gasteiger partial charge in [-0.2, -0.15) is 13.2 Å². The van der Waals surface area contributed by atoms with Gasteiger partial charge in [-0.1, -0.05) is 25.4 Å². The Balaban J connectivity index is 1.91. The van der Waals surface area contributed by atoms with Gasteiger partial charge in [0, 0.05) is 25.5 Å². The van der Waals surface area contributed by atoms with Crippen molar-refractivity contribution in [2.75, 3.05) is 18.4 Å². The normalized spacial score (nSPS) is 12.4. The number of rotatable bonds is 8. The van der Waals surface area contributed by atoms with Crippen LogP contribution in [0, 0.1) is 5.92 Å². The average Bonchev–Trinajstić information content (AvgIpc) is 2.69. The van der Waals surface area contributed by atoms with Crippen LogP contribution in [0.1, 0.15) is 29.8 Å². The van der Waals surface area contributed by atoms with Crippen LogP contribution < -0.4 is 16.0 Å². The van der Waals surface area contributed by atoms with E-state index in [1.807, 2.05) is 0 Å². The summed E-state index contributed by atoms with van der Waals surface area (Å²) in [6.07, 6.45) is -1.52. The first-order valence-corrected chi connectivity index (χ1v) is 9.56. The molecule has 30 heavy (non-hydrogen) atoms. The molecule has 6 nitrogen and oxygen atoms in total.